The number of fused-ring (bicyclic) bond motifs is 1. The predicted molar refractivity (Wildman–Crippen MR) is 96.4 cm³/mol. The molecule has 0 saturated heterocycles. The summed E-state index contributed by atoms with van der Waals surface area (Å²) in [5.74, 6) is -1.66. The number of cyclic esters (lactones) is 1. The molecule has 1 aromatic rings. The first-order chi connectivity index (χ1) is 13.0. The summed E-state index contributed by atoms with van der Waals surface area (Å²) in [4.78, 5) is 23.4. The van der Waals surface area contributed by atoms with E-state index in [2.05, 4.69) is 0 Å². The number of benzene rings is 1. The van der Waals surface area contributed by atoms with Crippen LogP contribution in [-0.2, 0) is 22.6 Å². The molecule has 6 nitrogen and oxygen atoms in total. The quantitative estimate of drug-likeness (QED) is 0.484. The van der Waals surface area contributed by atoms with Gasteiger partial charge >= 0.3 is 5.97 Å². The highest BCUT2D eigenvalue weighted by Gasteiger charge is 2.32. The Bertz CT molecular complexity index is 780. The Balaban J connectivity index is 1.88. The number of aromatic hydroxyl groups is 1. The van der Waals surface area contributed by atoms with Crippen molar-refractivity contribution in [3.63, 3.8) is 0 Å². The third kappa shape index (κ3) is 3.66. The Morgan fingerprint density at radius 2 is 2.07 bits per heavy atom. The fraction of sp³-hybridized carbons (Fsp3) is 0.524. The number of carboxylic acid groups (broad SMARTS) is 1. The molecular weight excluding hydrogens is 348 g/mol. The van der Waals surface area contributed by atoms with Gasteiger partial charge in [-0.3, -0.25) is 0 Å². The van der Waals surface area contributed by atoms with Crippen LogP contribution in [-0.4, -0.2) is 24.2 Å². The highest BCUT2D eigenvalue weighted by atomic mass is 16.5. The molecule has 2 atom stereocenters. The summed E-state index contributed by atoms with van der Waals surface area (Å²) in [5, 5.41) is 22.1. The highest BCUT2D eigenvalue weighted by Crippen LogP contribution is 2.42. The van der Waals surface area contributed by atoms with Gasteiger partial charge in [0.2, 0.25) is 0 Å². The fourth-order valence-corrected chi connectivity index (χ4v) is 4.25. The molecule has 2 unspecified atom stereocenters. The number of allylic oxidation sites excluding steroid dienone is 2. The van der Waals surface area contributed by atoms with Crippen LogP contribution in [0.2, 0.25) is 0 Å². The summed E-state index contributed by atoms with van der Waals surface area (Å²) in [7, 11) is 1.52. The molecular formula is C21H25O6-. The van der Waals surface area contributed by atoms with Crippen LogP contribution in [0.15, 0.2) is 12.2 Å². The SMILES string of the molecule is COc1c(C)c2c(c(O)c1C/C=C/C1CCCCCC1C(=O)[O-])C(=O)OC2. The van der Waals surface area contributed by atoms with E-state index in [9.17, 15) is 19.8 Å². The molecule has 146 valence electrons. The molecule has 0 aromatic heterocycles. The van der Waals surface area contributed by atoms with Crippen molar-refractivity contribution >= 4 is 11.9 Å². The van der Waals surface area contributed by atoms with Crippen LogP contribution in [0, 0.1) is 18.8 Å². The number of rotatable bonds is 5. The number of carbonyl (C=O) groups excluding carboxylic acids is 2. The first-order valence-corrected chi connectivity index (χ1v) is 9.41. The molecule has 1 aliphatic carbocycles. The van der Waals surface area contributed by atoms with Crippen molar-refractivity contribution in [3.8, 4) is 11.5 Å². The third-order valence-corrected chi connectivity index (χ3v) is 5.73. The largest absolute Gasteiger partial charge is 0.550 e. The van der Waals surface area contributed by atoms with E-state index in [0.717, 1.165) is 31.2 Å². The van der Waals surface area contributed by atoms with Crippen molar-refractivity contribution in [2.75, 3.05) is 7.11 Å². The standard InChI is InChI=1S/C21H26O6/c1-12-16-11-27-21(25)17(16)18(22)15(19(12)26-2)10-6-8-13-7-4-3-5-9-14(13)20(23)24/h6,8,13-14,22H,3-5,7,9-11H2,1-2H3,(H,23,24)/p-1/b8-6+. The van der Waals surface area contributed by atoms with Crippen molar-refractivity contribution in [2.24, 2.45) is 11.8 Å². The number of ether oxygens (including phenoxy) is 2. The smallest absolute Gasteiger partial charge is 0.342 e. The molecule has 1 aromatic carbocycles. The lowest BCUT2D eigenvalue weighted by Crippen LogP contribution is -2.35. The zero-order valence-corrected chi connectivity index (χ0v) is 15.7. The third-order valence-electron chi connectivity index (χ3n) is 5.73. The topological polar surface area (TPSA) is 95.9 Å². The number of methoxy groups -OCH3 is 1. The Labute approximate surface area is 158 Å². The summed E-state index contributed by atoms with van der Waals surface area (Å²) < 4.78 is 10.5. The Hall–Kier alpha value is -2.50. The number of hydrogen-bond acceptors (Lipinski definition) is 6. The van der Waals surface area contributed by atoms with Gasteiger partial charge in [0, 0.05) is 23.0 Å². The van der Waals surface area contributed by atoms with Gasteiger partial charge in [0.15, 0.2) is 0 Å². The highest BCUT2D eigenvalue weighted by molar-refractivity contribution is 5.98. The molecule has 1 aliphatic heterocycles. The van der Waals surface area contributed by atoms with Gasteiger partial charge in [-0.2, -0.15) is 0 Å². The summed E-state index contributed by atoms with van der Waals surface area (Å²) >= 11 is 0. The van der Waals surface area contributed by atoms with E-state index in [1.165, 1.54) is 7.11 Å². The van der Waals surface area contributed by atoms with E-state index in [0.29, 0.717) is 29.7 Å². The first kappa shape index (κ1) is 19.3. The lowest BCUT2D eigenvalue weighted by molar-refractivity contribution is -0.313. The van der Waals surface area contributed by atoms with Crippen molar-refractivity contribution in [1.82, 2.24) is 0 Å². The van der Waals surface area contributed by atoms with Gasteiger partial charge < -0.3 is 24.5 Å². The molecule has 1 saturated carbocycles. The second kappa shape index (κ2) is 8.03. The molecule has 0 radical (unpaired) electrons. The summed E-state index contributed by atoms with van der Waals surface area (Å²) in [6, 6.07) is 0. The number of phenolic OH excluding ortho intramolecular Hbond substituents is 1. The Morgan fingerprint density at radius 3 is 2.78 bits per heavy atom. The minimum absolute atomic E-state index is 0.0777. The zero-order valence-electron chi connectivity index (χ0n) is 15.7. The second-order valence-electron chi connectivity index (χ2n) is 7.27. The summed E-state index contributed by atoms with van der Waals surface area (Å²) in [6.07, 6.45) is 8.49. The maximum absolute atomic E-state index is 12.0. The average molecular weight is 373 g/mol. The molecule has 0 amide bonds. The van der Waals surface area contributed by atoms with Gasteiger partial charge in [-0.25, -0.2) is 4.79 Å². The summed E-state index contributed by atoms with van der Waals surface area (Å²) in [5.41, 5.74) is 2.16. The van der Waals surface area contributed by atoms with Crippen LogP contribution in [0.5, 0.6) is 11.5 Å². The maximum atomic E-state index is 12.0. The first-order valence-electron chi connectivity index (χ1n) is 9.41. The van der Waals surface area contributed by atoms with Crippen molar-refractivity contribution in [3.05, 3.63) is 34.4 Å². The lowest BCUT2D eigenvalue weighted by atomic mass is 9.87. The maximum Gasteiger partial charge on any atom is 0.342 e. The molecule has 6 heteroatoms. The molecule has 0 bridgehead atoms. The van der Waals surface area contributed by atoms with Gasteiger partial charge in [-0.05, 0) is 37.7 Å². The van der Waals surface area contributed by atoms with Crippen LogP contribution in [0.3, 0.4) is 0 Å². The molecule has 3 rings (SSSR count). The Morgan fingerprint density at radius 1 is 1.33 bits per heavy atom. The van der Waals surface area contributed by atoms with Crippen LogP contribution in [0.4, 0.5) is 0 Å². The number of aliphatic carboxylic acids is 1. The van der Waals surface area contributed by atoms with Crippen LogP contribution >= 0.6 is 0 Å². The van der Waals surface area contributed by atoms with Gasteiger partial charge in [-0.15, -0.1) is 0 Å². The van der Waals surface area contributed by atoms with Crippen molar-refractivity contribution in [2.45, 2.75) is 52.1 Å². The van der Waals surface area contributed by atoms with E-state index in [-0.39, 0.29) is 23.8 Å². The lowest BCUT2D eigenvalue weighted by Gasteiger charge is -2.23. The van der Waals surface area contributed by atoms with Gasteiger partial charge in [0.1, 0.15) is 23.7 Å². The monoisotopic (exact) mass is 373 g/mol. The van der Waals surface area contributed by atoms with Crippen LogP contribution < -0.4 is 9.84 Å². The minimum atomic E-state index is -0.997. The molecule has 1 heterocycles. The normalized spacial score (nSPS) is 22.4. The Kier molecular flexibility index (Phi) is 5.73. The molecule has 1 fully saturated rings. The molecule has 27 heavy (non-hydrogen) atoms. The predicted octanol–water partition coefficient (Wildman–Crippen LogP) is 2.42. The van der Waals surface area contributed by atoms with Crippen LogP contribution in [0.25, 0.3) is 0 Å². The fourth-order valence-electron chi connectivity index (χ4n) is 4.25. The van der Waals surface area contributed by atoms with E-state index in [1.807, 2.05) is 19.1 Å². The van der Waals surface area contributed by atoms with Gasteiger partial charge in [0.25, 0.3) is 0 Å². The zero-order chi connectivity index (χ0) is 19.6. The van der Waals surface area contributed by atoms with E-state index in [4.69, 9.17) is 9.47 Å². The number of carbonyl (C=O) groups is 2. The molecule has 2 aliphatic rings. The van der Waals surface area contributed by atoms with Crippen LogP contribution in [0.1, 0.15) is 59.2 Å². The van der Waals surface area contributed by atoms with Gasteiger partial charge in [-0.1, -0.05) is 31.4 Å². The van der Waals surface area contributed by atoms with Crippen molar-refractivity contribution in [1.29, 1.82) is 0 Å². The second-order valence-corrected chi connectivity index (χ2v) is 7.27. The van der Waals surface area contributed by atoms with E-state index < -0.39 is 17.9 Å². The average Bonchev–Trinajstić information content (AvgIpc) is 2.87. The van der Waals surface area contributed by atoms with E-state index >= 15 is 0 Å². The minimum Gasteiger partial charge on any atom is -0.550 e. The number of hydrogen-bond donors (Lipinski definition) is 1. The molecule has 0 spiro atoms. The van der Waals surface area contributed by atoms with Crippen molar-refractivity contribution < 1.29 is 29.3 Å². The van der Waals surface area contributed by atoms with Gasteiger partial charge in [0.05, 0.1) is 7.11 Å². The molecule has 1 N–H and O–H groups in total. The summed E-state index contributed by atoms with van der Waals surface area (Å²) in [6.45, 7) is 1.97. The number of carboxylic acids is 1. The number of phenols is 1. The number of esters is 1. The van der Waals surface area contributed by atoms with E-state index in [1.54, 1.807) is 0 Å².